The summed E-state index contributed by atoms with van der Waals surface area (Å²) in [5.41, 5.74) is 4.80. The fourth-order valence-corrected chi connectivity index (χ4v) is 0.759. The van der Waals surface area contributed by atoms with Gasteiger partial charge < -0.3 is 10.5 Å². The number of hydrogen-bond donors (Lipinski definition) is 1. The van der Waals surface area contributed by atoms with E-state index >= 15 is 0 Å². The Balaban J connectivity index is 3.78. The fourth-order valence-electron chi connectivity index (χ4n) is 0.759. The minimum Gasteiger partial charge on any atom is -0.463 e. The number of carbonyl (C=O) groups excluding carboxylic acids is 1. The van der Waals surface area contributed by atoms with Crippen molar-refractivity contribution >= 4 is 5.97 Å². The minimum atomic E-state index is -4.45. The van der Waals surface area contributed by atoms with Crippen LogP contribution in [0.15, 0.2) is 0 Å². The predicted molar refractivity (Wildman–Crippen MR) is 44.5 cm³/mol. The molecule has 84 valence electrons. The molecule has 1 atom stereocenters. The smallest absolute Gasteiger partial charge is 0.403 e. The van der Waals surface area contributed by atoms with Crippen LogP contribution in [-0.4, -0.2) is 24.3 Å². The zero-order valence-electron chi connectivity index (χ0n) is 8.10. The number of nitrogens with two attached hydrogens (primary N) is 1. The first-order chi connectivity index (χ1) is 6.23. The summed E-state index contributed by atoms with van der Waals surface area (Å²) in [4.78, 5) is 10.8. The van der Waals surface area contributed by atoms with E-state index in [1.807, 2.05) is 0 Å². The molecule has 0 saturated carbocycles. The molecule has 0 aliphatic carbocycles. The highest BCUT2D eigenvalue weighted by Gasteiger charge is 2.36. The molecule has 0 saturated heterocycles. The largest absolute Gasteiger partial charge is 0.463 e. The van der Waals surface area contributed by atoms with Gasteiger partial charge in [-0.15, -0.1) is 0 Å². The third-order valence-corrected chi connectivity index (χ3v) is 1.45. The summed E-state index contributed by atoms with van der Waals surface area (Å²) in [6, 6.07) is -1.96. The summed E-state index contributed by atoms with van der Waals surface area (Å²) in [6.07, 6.45) is -5.50. The molecule has 0 fully saturated rings. The van der Waals surface area contributed by atoms with E-state index < -0.39 is 24.6 Å². The SMILES string of the molecule is CC(C)OC(=O)CC[C@H](N)C(F)(F)F. The minimum absolute atomic E-state index is 0.307. The lowest BCUT2D eigenvalue weighted by Gasteiger charge is -2.15. The van der Waals surface area contributed by atoms with Crippen LogP contribution in [0.1, 0.15) is 26.7 Å². The van der Waals surface area contributed by atoms with Crippen LogP contribution >= 0.6 is 0 Å². The van der Waals surface area contributed by atoms with Gasteiger partial charge in [0.05, 0.1) is 6.10 Å². The second-order valence-electron chi connectivity index (χ2n) is 3.23. The Morgan fingerprint density at radius 2 is 1.93 bits per heavy atom. The summed E-state index contributed by atoms with van der Waals surface area (Å²) >= 11 is 0. The van der Waals surface area contributed by atoms with E-state index in [2.05, 4.69) is 4.74 Å². The highest BCUT2D eigenvalue weighted by atomic mass is 19.4. The van der Waals surface area contributed by atoms with Crippen molar-refractivity contribution in [1.29, 1.82) is 0 Å². The molecule has 0 bridgehead atoms. The van der Waals surface area contributed by atoms with Crippen molar-refractivity contribution in [2.24, 2.45) is 5.73 Å². The van der Waals surface area contributed by atoms with Crippen LogP contribution in [0.25, 0.3) is 0 Å². The van der Waals surface area contributed by atoms with Crippen LogP contribution in [0.3, 0.4) is 0 Å². The van der Waals surface area contributed by atoms with Gasteiger partial charge in [-0.2, -0.15) is 13.2 Å². The lowest BCUT2D eigenvalue weighted by molar-refractivity contribution is -0.155. The van der Waals surface area contributed by atoms with Crippen molar-refractivity contribution in [3.8, 4) is 0 Å². The lowest BCUT2D eigenvalue weighted by Crippen LogP contribution is -2.37. The highest BCUT2D eigenvalue weighted by molar-refractivity contribution is 5.69. The van der Waals surface area contributed by atoms with Crippen molar-refractivity contribution in [3.63, 3.8) is 0 Å². The summed E-state index contributed by atoms with van der Waals surface area (Å²) in [5.74, 6) is -0.653. The van der Waals surface area contributed by atoms with E-state index in [9.17, 15) is 18.0 Å². The number of ether oxygens (including phenoxy) is 1. The Kier molecular flexibility index (Phi) is 4.90. The van der Waals surface area contributed by atoms with Crippen molar-refractivity contribution in [1.82, 2.24) is 0 Å². The monoisotopic (exact) mass is 213 g/mol. The number of carbonyl (C=O) groups is 1. The maximum absolute atomic E-state index is 11.9. The number of rotatable bonds is 4. The molecule has 6 heteroatoms. The average molecular weight is 213 g/mol. The molecule has 0 heterocycles. The average Bonchev–Trinajstić information content (AvgIpc) is 1.96. The fraction of sp³-hybridized carbons (Fsp3) is 0.875. The van der Waals surface area contributed by atoms with E-state index in [0.29, 0.717) is 0 Å². The maximum Gasteiger partial charge on any atom is 0.403 e. The molecular weight excluding hydrogens is 199 g/mol. The molecule has 0 rings (SSSR count). The number of hydrogen-bond acceptors (Lipinski definition) is 3. The Bertz CT molecular complexity index is 192. The molecule has 0 aromatic carbocycles. The van der Waals surface area contributed by atoms with Gasteiger partial charge in [0.2, 0.25) is 0 Å². The topological polar surface area (TPSA) is 52.3 Å². The van der Waals surface area contributed by atoms with Crippen molar-refractivity contribution < 1.29 is 22.7 Å². The molecule has 0 aliphatic rings. The predicted octanol–water partition coefficient (Wildman–Crippen LogP) is 1.61. The Morgan fingerprint density at radius 3 is 2.29 bits per heavy atom. The highest BCUT2D eigenvalue weighted by Crippen LogP contribution is 2.21. The van der Waals surface area contributed by atoms with Crippen molar-refractivity contribution in [2.45, 2.75) is 45.0 Å². The second-order valence-corrected chi connectivity index (χ2v) is 3.23. The Hall–Kier alpha value is -0.780. The summed E-state index contributed by atoms with van der Waals surface area (Å²) in [5, 5.41) is 0. The number of halogens is 3. The molecule has 0 aromatic heterocycles. The summed E-state index contributed by atoms with van der Waals surface area (Å²) in [7, 11) is 0. The standard InChI is InChI=1S/C8H14F3NO2/c1-5(2)14-7(13)4-3-6(12)8(9,10)11/h5-6H,3-4,12H2,1-2H3/t6-/m0/s1. The van der Waals surface area contributed by atoms with E-state index in [1.54, 1.807) is 13.8 Å². The van der Waals surface area contributed by atoms with Gasteiger partial charge >= 0.3 is 12.1 Å². The first kappa shape index (κ1) is 13.2. The molecule has 0 radical (unpaired) electrons. The zero-order valence-corrected chi connectivity index (χ0v) is 8.10. The van der Waals surface area contributed by atoms with Crippen LogP contribution in [-0.2, 0) is 9.53 Å². The molecule has 0 spiro atoms. The van der Waals surface area contributed by atoms with Crippen molar-refractivity contribution in [3.05, 3.63) is 0 Å². The first-order valence-electron chi connectivity index (χ1n) is 4.25. The number of esters is 1. The van der Waals surface area contributed by atoms with Gasteiger partial charge in [-0.05, 0) is 20.3 Å². The first-order valence-corrected chi connectivity index (χ1v) is 4.25. The van der Waals surface area contributed by atoms with Gasteiger partial charge in [0.25, 0.3) is 0 Å². The summed E-state index contributed by atoms with van der Waals surface area (Å²) in [6.45, 7) is 3.25. The molecule has 0 amide bonds. The molecule has 0 aromatic rings. The molecule has 14 heavy (non-hydrogen) atoms. The summed E-state index contributed by atoms with van der Waals surface area (Å²) < 4.78 is 40.3. The van der Waals surface area contributed by atoms with E-state index in [1.165, 1.54) is 0 Å². The third-order valence-electron chi connectivity index (χ3n) is 1.45. The van der Waals surface area contributed by atoms with Crippen molar-refractivity contribution in [2.75, 3.05) is 0 Å². The van der Waals surface area contributed by atoms with Gasteiger partial charge in [0.15, 0.2) is 0 Å². The van der Waals surface area contributed by atoms with Crippen LogP contribution in [0.5, 0.6) is 0 Å². The maximum atomic E-state index is 11.9. The van der Waals surface area contributed by atoms with Gasteiger partial charge in [-0.25, -0.2) is 0 Å². The van der Waals surface area contributed by atoms with E-state index in [4.69, 9.17) is 5.73 Å². The Labute approximate surface area is 80.4 Å². The lowest BCUT2D eigenvalue weighted by atomic mass is 10.1. The van der Waals surface area contributed by atoms with E-state index in [-0.39, 0.29) is 12.5 Å². The van der Waals surface area contributed by atoms with Gasteiger partial charge in [-0.3, -0.25) is 4.79 Å². The van der Waals surface area contributed by atoms with Crippen LogP contribution in [0.4, 0.5) is 13.2 Å². The number of alkyl halides is 3. The molecule has 2 N–H and O–H groups in total. The molecule has 0 aliphatic heterocycles. The molecule has 3 nitrogen and oxygen atoms in total. The van der Waals surface area contributed by atoms with Crippen LogP contribution in [0.2, 0.25) is 0 Å². The normalized spacial score (nSPS) is 14.2. The van der Waals surface area contributed by atoms with Gasteiger partial charge in [0, 0.05) is 6.42 Å². The van der Waals surface area contributed by atoms with E-state index in [0.717, 1.165) is 0 Å². The zero-order chi connectivity index (χ0) is 11.4. The van der Waals surface area contributed by atoms with Crippen LogP contribution in [0, 0.1) is 0 Å². The van der Waals surface area contributed by atoms with Crippen LogP contribution < -0.4 is 5.73 Å². The Morgan fingerprint density at radius 1 is 1.43 bits per heavy atom. The quantitative estimate of drug-likeness (QED) is 0.722. The molecular formula is C8H14F3NO2. The third kappa shape index (κ3) is 5.80. The van der Waals surface area contributed by atoms with Gasteiger partial charge in [-0.1, -0.05) is 0 Å². The second kappa shape index (κ2) is 5.19. The molecule has 0 unspecified atom stereocenters. The van der Waals surface area contributed by atoms with Gasteiger partial charge in [0.1, 0.15) is 6.04 Å².